The predicted molar refractivity (Wildman–Crippen MR) is 81.9 cm³/mol. The van der Waals surface area contributed by atoms with Crippen molar-refractivity contribution < 1.29 is 43.2 Å². The van der Waals surface area contributed by atoms with E-state index in [9.17, 15) is 43.2 Å². The molecule has 0 saturated carbocycles. The van der Waals surface area contributed by atoms with Crippen molar-refractivity contribution in [3.05, 3.63) is 52.3 Å². The molecule has 0 fully saturated rings. The summed E-state index contributed by atoms with van der Waals surface area (Å²) in [4.78, 5) is 0. The maximum atomic E-state index is 12.8. The van der Waals surface area contributed by atoms with Gasteiger partial charge in [0.05, 0.1) is 0 Å². The average Bonchev–Trinajstić information content (AvgIpc) is 2.50. The van der Waals surface area contributed by atoms with E-state index in [0.29, 0.717) is 5.39 Å². The van der Waals surface area contributed by atoms with Gasteiger partial charge < -0.3 is 0 Å². The molecule has 0 bridgehead atoms. The third-order valence-electron chi connectivity index (χ3n) is 3.24. The van der Waals surface area contributed by atoms with Crippen LogP contribution in [0.25, 0.3) is 16.8 Å². The van der Waals surface area contributed by atoms with Gasteiger partial charge in [0.2, 0.25) is 0 Å². The van der Waals surface area contributed by atoms with Gasteiger partial charge in [-0.1, -0.05) is 42.5 Å². The summed E-state index contributed by atoms with van der Waals surface area (Å²) in [6.07, 6.45) is -0.131. The van der Waals surface area contributed by atoms with Gasteiger partial charge in [0, 0.05) is 0 Å². The zero-order chi connectivity index (χ0) is 20.0. The molecule has 0 unspecified atom stereocenters. The molecule has 2 aromatic rings. The molecule has 0 heterocycles. The van der Waals surface area contributed by atoms with Crippen molar-refractivity contribution in [1.82, 2.24) is 0 Å². The van der Waals surface area contributed by atoms with Crippen molar-refractivity contribution in [3.63, 3.8) is 0 Å². The number of alkyl halides is 6. The van der Waals surface area contributed by atoms with Crippen molar-refractivity contribution in [2.24, 2.45) is 0 Å². The zero-order valence-corrected chi connectivity index (χ0v) is 14.0. The van der Waals surface area contributed by atoms with E-state index in [4.69, 9.17) is 0 Å². The highest BCUT2D eigenvalue weighted by Crippen LogP contribution is 2.40. The standard InChI is InChI=1S/C14H8F6O4S2/c15-13(16,17)25(21,22)12(26(23,24)14(18,19)20)8-10-6-3-5-9-4-1-2-7-11(9)10/h1-8H. The third-order valence-corrected chi connectivity index (χ3v) is 7.07. The van der Waals surface area contributed by atoms with E-state index in [1.165, 1.54) is 36.4 Å². The first-order chi connectivity index (χ1) is 11.7. The SMILES string of the molecule is O=S(=O)(C(=Cc1cccc2ccccc12)S(=O)(=O)C(F)(F)F)C(F)(F)F. The van der Waals surface area contributed by atoms with Gasteiger partial charge in [-0.25, -0.2) is 16.8 Å². The summed E-state index contributed by atoms with van der Waals surface area (Å²) in [5, 5.41) is 0.427. The number of halogens is 6. The highest BCUT2D eigenvalue weighted by molar-refractivity contribution is 8.15. The molecule has 0 aliphatic carbocycles. The van der Waals surface area contributed by atoms with Gasteiger partial charge in [-0.15, -0.1) is 0 Å². The highest BCUT2D eigenvalue weighted by atomic mass is 32.3. The second-order valence-corrected chi connectivity index (χ2v) is 9.01. The van der Waals surface area contributed by atoms with Crippen LogP contribution in [0.15, 0.2) is 46.7 Å². The Hall–Kier alpha value is -2.08. The Morgan fingerprint density at radius 1 is 0.731 bits per heavy atom. The monoisotopic (exact) mass is 418 g/mol. The Kier molecular flexibility index (Phi) is 4.88. The van der Waals surface area contributed by atoms with Crippen molar-refractivity contribution in [2.75, 3.05) is 0 Å². The average molecular weight is 418 g/mol. The summed E-state index contributed by atoms with van der Waals surface area (Å²) in [7, 11) is -13.6. The largest absolute Gasteiger partial charge is 0.502 e. The molecular weight excluding hydrogens is 410 g/mol. The maximum absolute atomic E-state index is 12.8. The van der Waals surface area contributed by atoms with Crippen molar-refractivity contribution in [2.45, 2.75) is 11.0 Å². The maximum Gasteiger partial charge on any atom is 0.502 e. The molecule has 0 radical (unpaired) electrons. The number of fused-ring (bicyclic) bond motifs is 1. The summed E-state index contributed by atoms with van der Waals surface area (Å²) < 4.78 is 120. The molecule has 4 nitrogen and oxygen atoms in total. The molecule has 0 amide bonds. The van der Waals surface area contributed by atoms with E-state index in [2.05, 4.69) is 0 Å². The predicted octanol–water partition coefficient (Wildman–Crippen LogP) is 4.01. The van der Waals surface area contributed by atoms with Gasteiger partial charge in [0.25, 0.3) is 19.7 Å². The van der Waals surface area contributed by atoms with E-state index in [1.54, 1.807) is 0 Å². The summed E-state index contributed by atoms with van der Waals surface area (Å²) in [5.74, 6) is 0. The lowest BCUT2D eigenvalue weighted by Crippen LogP contribution is -2.34. The van der Waals surface area contributed by atoms with Crippen LogP contribution < -0.4 is 0 Å². The fraction of sp³-hybridized carbons (Fsp3) is 0.143. The lowest BCUT2D eigenvalue weighted by molar-refractivity contribution is -0.0443. The smallest absolute Gasteiger partial charge is 0.214 e. The lowest BCUT2D eigenvalue weighted by Gasteiger charge is -2.15. The number of hydrogen-bond acceptors (Lipinski definition) is 4. The molecule has 0 atom stereocenters. The van der Waals surface area contributed by atoms with E-state index in [1.807, 2.05) is 0 Å². The first-order valence-corrected chi connectivity index (χ1v) is 9.48. The normalized spacial score (nSPS) is 13.6. The fourth-order valence-corrected chi connectivity index (χ4v) is 4.77. The second kappa shape index (κ2) is 6.27. The molecule has 0 N–H and O–H groups in total. The molecule has 0 aliphatic rings. The minimum atomic E-state index is -6.79. The number of rotatable bonds is 3. The molecular formula is C14H8F6O4S2. The summed E-state index contributed by atoms with van der Waals surface area (Å²) in [5.41, 5.74) is -12.9. The Morgan fingerprint density at radius 3 is 1.69 bits per heavy atom. The van der Waals surface area contributed by atoms with Gasteiger partial charge >= 0.3 is 11.0 Å². The summed E-state index contributed by atoms with van der Waals surface area (Å²) in [6.45, 7) is 0. The molecule has 2 aromatic carbocycles. The number of sulfone groups is 2. The Labute approximate surface area is 143 Å². The fourth-order valence-electron chi connectivity index (χ4n) is 2.03. The van der Waals surface area contributed by atoms with Gasteiger partial charge in [0.1, 0.15) is 0 Å². The van der Waals surface area contributed by atoms with Crippen molar-refractivity contribution >= 4 is 36.5 Å². The lowest BCUT2D eigenvalue weighted by atomic mass is 10.1. The first kappa shape index (κ1) is 20.2. The van der Waals surface area contributed by atoms with Crippen molar-refractivity contribution in [3.8, 4) is 0 Å². The van der Waals surface area contributed by atoms with E-state index < -0.39 is 40.5 Å². The van der Waals surface area contributed by atoms with Crippen LogP contribution in [0.3, 0.4) is 0 Å². The number of benzene rings is 2. The van der Waals surface area contributed by atoms with Gasteiger partial charge in [-0.2, -0.15) is 26.3 Å². The van der Waals surface area contributed by atoms with Gasteiger partial charge in [0.15, 0.2) is 4.24 Å². The molecule has 0 aromatic heterocycles. The molecule has 0 aliphatic heterocycles. The molecule has 12 heteroatoms. The Balaban J connectivity index is 2.92. The van der Waals surface area contributed by atoms with Crippen LogP contribution in [0, 0.1) is 0 Å². The molecule has 0 spiro atoms. The van der Waals surface area contributed by atoms with Crippen molar-refractivity contribution in [1.29, 1.82) is 0 Å². The molecule has 26 heavy (non-hydrogen) atoms. The van der Waals surface area contributed by atoms with Crippen LogP contribution in [0.1, 0.15) is 5.56 Å². The summed E-state index contributed by atoms with van der Waals surface area (Å²) in [6, 6.07) is 9.36. The quantitative estimate of drug-likeness (QED) is 0.707. The third kappa shape index (κ3) is 3.43. The second-order valence-electron chi connectivity index (χ2n) is 4.93. The Bertz CT molecular complexity index is 1030. The zero-order valence-electron chi connectivity index (χ0n) is 12.3. The van der Waals surface area contributed by atoms with Crippen LogP contribution in [0.2, 0.25) is 0 Å². The molecule has 142 valence electrons. The topological polar surface area (TPSA) is 68.3 Å². The minimum Gasteiger partial charge on any atom is -0.214 e. The van der Waals surface area contributed by atoms with E-state index in [0.717, 1.165) is 6.07 Å². The van der Waals surface area contributed by atoms with Crippen LogP contribution in [-0.4, -0.2) is 27.9 Å². The minimum absolute atomic E-state index is 0.0715. The van der Waals surface area contributed by atoms with E-state index in [-0.39, 0.29) is 11.5 Å². The van der Waals surface area contributed by atoms with Gasteiger partial charge in [-0.3, -0.25) is 0 Å². The first-order valence-electron chi connectivity index (χ1n) is 6.52. The molecule has 2 rings (SSSR count). The Morgan fingerprint density at radius 2 is 1.19 bits per heavy atom. The molecule has 0 saturated heterocycles. The van der Waals surface area contributed by atoms with Gasteiger partial charge in [-0.05, 0) is 22.4 Å². The highest BCUT2D eigenvalue weighted by Gasteiger charge is 2.59. The van der Waals surface area contributed by atoms with Crippen LogP contribution in [-0.2, 0) is 19.7 Å². The van der Waals surface area contributed by atoms with Crippen LogP contribution in [0.4, 0.5) is 26.3 Å². The van der Waals surface area contributed by atoms with Crippen LogP contribution >= 0.6 is 0 Å². The number of hydrogen-bond donors (Lipinski definition) is 0. The van der Waals surface area contributed by atoms with E-state index >= 15 is 0 Å². The summed E-state index contributed by atoms with van der Waals surface area (Å²) >= 11 is 0. The van der Waals surface area contributed by atoms with Crippen LogP contribution in [0.5, 0.6) is 0 Å².